The Bertz CT molecular complexity index is 968. The van der Waals surface area contributed by atoms with Gasteiger partial charge in [0.1, 0.15) is 12.6 Å². The van der Waals surface area contributed by atoms with E-state index < -0.39 is 12.1 Å². The number of nitrogens with zero attached hydrogens (tertiary/aromatic N) is 2. The number of hydrogen-bond donors (Lipinski definition) is 2. The number of carbonyl (C=O) groups is 2. The molecule has 0 spiro atoms. The third-order valence-electron chi connectivity index (χ3n) is 4.93. The van der Waals surface area contributed by atoms with E-state index in [0.717, 1.165) is 5.56 Å². The van der Waals surface area contributed by atoms with Gasteiger partial charge in [0.25, 0.3) is 0 Å². The van der Waals surface area contributed by atoms with E-state index in [1.807, 2.05) is 18.2 Å². The molecule has 0 radical (unpaired) electrons. The maximum Gasteiger partial charge on any atom is 0.243 e. The summed E-state index contributed by atoms with van der Waals surface area (Å²) in [4.78, 5) is 31.5. The van der Waals surface area contributed by atoms with E-state index in [9.17, 15) is 14.7 Å². The van der Waals surface area contributed by atoms with Crippen molar-refractivity contribution >= 4 is 40.7 Å². The molecular formula is C22H23Cl2N3O4. The number of nitrogens with one attached hydrogen (secondary N) is 1. The molecule has 1 fully saturated rings. The van der Waals surface area contributed by atoms with Gasteiger partial charge in [-0.2, -0.15) is 0 Å². The fourth-order valence-corrected chi connectivity index (χ4v) is 3.59. The fourth-order valence-electron chi connectivity index (χ4n) is 3.27. The first-order chi connectivity index (χ1) is 14.8. The van der Waals surface area contributed by atoms with Crippen molar-refractivity contribution in [1.82, 2.24) is 10.2 Å². The van der Waals surface area contributed by atoms with E-state index in [4.69, 9.17) is 28.0 Å². The molecule has 0 aromatic heterocycles. The third-order valence-corrected chi connectivity index (χ3v) is 5.67. The lowest BCUT2D eigenvalue weighted by Crippen LogP contribution is -2.46. The van der Waals surface area contributed by atoms with Crippen molar-refractivity contribution in [2.24, 2.45) is 5.16 Å². The number of rotatable bonds is 7. The SMILES string of the molecule is CC(=O)N1C/C(=N/OCc2ccc(Cl)c(Cl)c2)C[C@H]1C(=O)NCC(O)c1ccccc1. The van der Waals surface area contributed by atoms with Gasteiger partial charge in [0.2, 0.25) is 11.8 Å². The van der Waals surface area contributed by atoms with Gasteiger partial charge < -0.3 is 20.2 Å². The Labute approximate surface area is 190 Å². The number of amides is 2. The highest BCUT2D eigenvalue weighted by Crippen LogP contribution is 2.23. The number of aliphatic hydroxyl groups excluding tert-OH is 1. The maximum atomic E-state index is 12.7. The van der Waals surface area contributed by atoms with Gasteiger partial charge in [0, 0.05) is 19.9 Å². The molecule has 2 aromatic carbocycles. The summed E-state index contributed by atoms with van der Waals surface area (Å²) in [5.74, 6) is -0.585. The molecular weight excluding hydrogens is 441 g/mol. The predicted molar refractivity (Wildman–Crippen MR) is 119 cm³/mol. The summed E-state index contributed by atoms with van der Waals surface area (Å²) in [5.41, 5.74) is 2.08. The van der Waals surface area contributed by atoms with Crippen molar-refractivity contribution in [1.29, 1.82) is 0 Å². The summed E-state index contributed by atoms with van der Waals surface area (Å²) >= 11 is 11.9. The number of hydrogen-bond acceptors (Lipinski definition) is 5. The molecule has 1 aliphatic heterocycles. The monoisotopic (exact) mass is 463 g/mol. The number of halogens is 2. The molecule has 0 aliphatic carbocycles. The first-order valence-electron chi connectivity index (χ1n) is 9.74. The summed E-state index contributed by atoms with van der Waals surface area (Å²) in [6.45, 7) is 1.83. The highest BCUT2D eigenvalue weighted by Gasteiger charge is 2.36. The Morgan fingerprint density at radius 3 is 2.65 bits per heavy atom. The van der Waals surface area contributed by atoms with Crippen molar-refractivity contribution in [3.8, 4) is 0 Å². The van der Waals surface area contributed by atoms with E-state index in [-0.39, 0.29) is 37.9 Å². The first-order valence-corrected chi connectivity index (χ1v) is 10.5. The molecule has 1 unspecified atom stereocenters. The average Bonchev–Trinajstić information content (AvgIpc) is 3.19. The zero-order valence-corrected chi connectivity index (χ0v) is 18.4. The van der Waals surface area contributed by atoms with Crippen LogP contribution in [0, 0.1) is 0 Å². The second kappa shape index (κ2) is 10.6. The fraction of sp³-hybridized carbons (Fsp3) is 0.318. The van der Waals surface area contributed by atoms with E-state index in [2.05, 4.69) is 10.5 Å². The molecule has 7 nitrogen and oxygen atoms in total. The van der Waals surface area contributed by atoms with Gasteiger partial charge >= 0.3 is 0 Å². The van der Waals surface area contributed by atoms with Crippen molar-refractivity contribution in [3.05, 3.63) is 69.7 Å². The van der Waals surface area contributed by atoms with Crippen LogP contribution in [0.25, 0.3) is 0 Å². The number of benzene rings is 2. The Morgan fingerprint density at radius 2 is 1.97 bits per heavy atom. The zero-order valence-electron chi connectivity index (χ0n) is 16.9. The number of likely N-dealkylation sites (tertiary alicyclic amines) is 1. The molecule has 31 heavy (non-hydrogen) atoms. The maximum absolute atomic E-state index is 12.7. The van der Waals surface area contributed by atoms with Crippen LogP contribution in [0.5, 0.6) is 0 Å². The van der Waals surface area contributed by atoms with Crippen LogP contribution in [0.3, 0.4) is 0 Å². The normalized spacial score (nSPS) is 18.1. The van der Waals surface area contributed by atoms with Gasteiger partial charge in [-0.25, -0.2) is 0 Å². The third kappa shape index (κ3) is 6.19. The van der Waals surface area contributed by atoms with Crippen LogP contribution < -0.4 is 5.32 Å². The summed E-state index contributed by atoms with van der Waals surface area (Å²) in [6.07, 6.45) is -0.575. The van der Waals surface area contributed by atoms with E-state index in [1.54, 1.807) is 30.3 Å². The molecule has 0 saturated carbocycles. The topological polar surface area (TPSA) is 91.2 Å². The summed E-state index contributed by atoms with van der Waals surface area (Å²) in [6, 6.07) is 13.5. The first kappa shape index (κ1) is 23.1. The molecule has 3 rings (SSSR count). The van der Waals surface area contributed by atoms with Gasteiger partial charge in [0.05, 0.1) is 28.4 Å². The molecule has 1 heterocycles. The highest BCUT2D eigenvalue weighted by atomic mass is 35.5. The standard InChI is InChI=1S/C22H23Cl2N3O4/c1-14(28)27-12-17(26-31-13-15-7-8-18(23)19(24)9-15)10-20(27)22(30)25-11-21(29)16-5-3-2-4-6-16/h2-9,20-21,29H,10-13H2,1H3,(H,25,30)/b26-17+/t20-,21?/m0/s1. The Hall–Kier alpha value is -2.61. The van der Waals surface area contributed by atoms with E-state index in [1.165, 1.54) is 11.8 Å². The minimum Gasteiger partial charge on any atom is -0.391 e. The van der Waals surface area contributed by atoms with Crippen molar-refractivity contribution < 1.29 is 19.5 Å². The largest absolute Gasteiger partial charge is 0.391 e. The van der Waals surface area contributed by atoms with Gasteiger partial charge in [-0.05, 0) is 23.3 Å². The molecule has 164 valence electrons. The number of oxime groups is 1. The smallest absolute Gasteiger partial charge is 0.243 e. The van der Waals surface area contributed by atoms with Crippen molar-refractivity contribution in [3.63, 3.8) is 0 Å². The van der Waals surface area contributed by atoms with Crippen LogP contribution in [-0.4, -0.2) is 46.7 Å². The predicted octanol–water partition coefficient (Wildman–Crippen LogP) is 3.34. The van der Waals surface area contributed by atoms with Crippen LogP contribution in [0.1, 0.15) is 30.6 Å². The van der Waals surface area contributed by atoms with Crippen LogP contribution in [0.15, 0.2) is 53.7 Å². The molecule has 9 heteroatoms. The molecule has 0 bridgehead atoms. The number of aliphatic hydroxyl groups is 1. The van der Waals surface area contributed by atoms with Crippen molar-refractivity contribution in [2.75, 3.05) is 13.1 Å². The van der Waals surface area contributed by atoms with Gasteiger partial charge in [-0.1, -0.05) is 64.8 Å². The molecule has 2 N–H and O–H groups in total. The highest BCUT2D eigenvalue weighted by molar-refractivity contribution is 6.42. The van der Waals surface area contributed by atoms with Gasteiger partial charge in [-0.3, -0.25) is 9.59 Å². The number of carbonyl (C=O) groups excluding carboxylic acids is 2. The van der Waals surface area contributed by atoms with Crippen molar-refractivity contribution in [2.45, 2.75) is 32.1 Å². The second-order valence-corrected chi connectivity index (χ2v) is 8.03. The molecule has 2 atom stereocenters. The molecule has 2 amide bonds. The summed E-state index contributed by atoms with van der Waals surface area (Å²) < 4.78 is 0. The average molecular weight is 464 g/mol. The van der Waals surface area contributed by atoms with E-state index in [0.29, 0.717) is 21.3 Å². The van der Waals surface area contributed by atoms with Crippen LogP contribution in [0.2, 0.25) is 10.0 Å². The van der Waals surface area contributed by atoms with E-state index >= 15 is 0 Å². The summed E-state index contributed by atoms with van der Waals surface area (Å²) in [7, 11) is 0. The van der Waals surface area contributed by atoms with Crippen LogP contribution >= 0.6 is 23.2 Å². The minimum atomic E-state index is -0.833. The molecule has 2 aromatic rings. The summed E-state index contributed by atoms with van der Waals surface area (Å²) in [5, 5.41) is 17.9. The lowest BCUT2D eigenvalue weighted by atomic mass is 10.1. The quantitative estimate of drug-likeness (QED) is 0.615. The van der Waals surface area contributed by atoms with Crippen LogP contribution in [-0.2, 0) is 21.0 Å². The zero-order chi connectivity index (χ0) is 22.4. The van der Waals surface area contributed by atoms with Crippen LogP contribution in [0.4, 0.5) is 0 Å². The van der Waals surface area contributed by atoms with Gasteiger partial charge in [-0.15, -0.1) is 0 Å². The lowest BCUT2D eigenvalue weighted by Gasteiger charge is -2.22. The van der Waals surface area contributed by atoms with Gasteiger partial charge in [0.15, 0.2) is 0 Å². The molecule has 1 saturated heterocycles. The minimum absolute atomic E-state index is 0.0470. The Kier molecular flexibility index (Phi) is 7.90. The second-order valence-electron chi connectivity index (χ2n) is 7.22. The Morgan fingerprint density at radius 1 is 1.23 bits per heavy atom. The lowest BCUT2D eigenvalue weighted by molar-refractivity contribution is -0.137. The molecule has 1 aliphatic rings. The Balaban J connectivity index is 1.57.